The molecule has 3 rings (SSSR count). The highest BCUT2D eigenvalue weighted by Gasteiger charge is 2.23. The van der Waals surface area contributed by atoms with Crippen molar-refractivity contribution in [3.63, 3.8) is 0 Å². The number of nitrogens with one attached hydrogen (secondary N) is 5. The third-order valence-corrected chi connectivity index (χ3v) is 3.88. The Kier molecular flexibility index (Phi) is 5.62. The fourth-order valence-corrected chi connectivity index (χ4v) is 2.54. The van der Waals surface area contributed by atoms with E-state index >= 15 is 0 Å². The second kappa shape index (κ2) is 8.29. The second-order valence-electron chi connectivity index (χ2n) is 5.90. The molecule has 0 unspecified atom stereocenters. The smallest absolute Gasteiger partial charge is 0.320 e. The lowest BCUT2D eigenvalue weighted by Gasteiger charge is -2.14. The van der Waals surface area contributed by atoms with Crippen LogP contribution >= 0.6 is 0 Å². The molecule has 0 bridgehead atoms. The molecule has 0 spiro atoms. The predicted octanol–water partition coefficient (Wildman–Crippen LogP) is 1.36. The number of nitrogens with zero attached hydrogens (tertiary/aromatic N) is 5. The van der Waals surface area contributed by atoms with Crippen LogP contribution in [-0.4, -0.2) is 48.5 Å². The number of benzene rings is 1. The number of tetrazole rings is 1. The van der Waals surface area contributed by atoms with Crippen LogP contribution in [0.15, 0.2) is 36.7 Å². The van der Waals surface area contributed by atoms with Gasteiger partial charge >= 0.3 is 6.03 Å². The molecule has 11 nitrogen and oxygen atoms in total. The van der Waals surface area contributed by atoms with Gasteiger partial charge in [-0.2, -0.15) is 5.21 Å². The molecule has 150 valence electrons. The van der Waals surface area contributed by atoms with Gasteiger partial charge in [0.05, 0.1) is 5.71 Å². The van der Waals surface area contributed by atoms with Crippen LogP contribution in [0.25, 0.3) is 11.6 Å². The standard InChI is InChI=1S/C17H19FN10O/c1-4-20-17(29)22-9(2)21-15-13(12(19)10-5-7-11(18)8-6-10)23-16(28(15)3)14-24-26-27-25-14/h5-8,19,21H,2,4H2,1,3H3,(H2,20,22,29)(H,24,25,26,27). The summed E-state index contributed by atoms with van der Waals surface area (Å²) in [5.41, 5.74) is 0.718. The normalized spacial score (nSPS) is 10.4. The fraction of sp³-hybridized carbons (Fsp3) is 0.176. The molecule has 29 heavy (non-hydrogen) atoms. The van der Waals surface area contributed by atoms with E-state index < -0.39 is 11.8 Å². The van der Waals surface area contributed by atoms with Gasteiger partial charge in [0.15, 0.2) is 5.82 Å². The molecular weight excluding hydrogens is 379 g/mol. The first-order valence-corrected chi connectivity index (χ1v) is 8.56. The number of imidazole rings is 1. The number of aromatic nitrogens is 6. The summed E-state index contributed by atoms with van der Waals surface area (Å²) in [4.78, 5) is 16.2. The summed E-state index contributed by atoms with van der Waals surface area (Å²) < 4.78 is 14.9. The van der Waals surface area contributed by atoms with Crippen molar-refractivity contribution in [3.05, 3.63) is 53.7 Å². The summed E-state index contributed by atoms with van der Waals surface area (Å²) >= 11 is 0. The van der Waals surface area contributed by atoms with Gasteiger partial charge in [-0.1, -0.05) is 6.58 Å². The minimum atomic E-state index is -0.430. The fourth-order valence-electron chi connectivity index (χ4n) is 2.54. The Morgan fingerprint density at radius 3 is 2.69 bits per heavy atom. The maximum absolute atomic E-state index is 13.3. The third-order valence-electron chi connectivity index (χ3n) is 3.88. The Labute approximate surface area is 164 Å². The number of hydrogen-bond donors (Lipinski definition) is 5. The Hall–Kier alpha value is -4.09. The molecule has 1 aromatic carbocycles. The first kappa shape index (κ1) is 19.7. The first-order valence-electron chi connectivity index (χ1n) is 8.56. The van der Waals surface area contributed by atoms with Crippen molar-refractivity contribution in [2.45, 2.75) is 6.92 Å². The van der Waals surface area contributed by atoms with Crippen molar-refractivity contribution in [2.24, 2.45) is 7.05 Å². The number of carbonyl (C=O) groups is 1. The first-order chi connectivity index (χ1) is 13.9. The SMILES string of the molecule is C=C(NC(=O)NCC)Nc1c(C(=N)c2ccc(F)cc2)nc(-c2nn[nH]n2)n1C. The molecule has 0 radical (unpaired) electrons. The van der Waals surface area contributed by atoms with Gasteiger partial charge < -0.3 is 15.2 Å². The number of halogens is 1. The average molecular weight is 398 g/mol. The maximum Gasteiger partial charge on any atom is 0.320 e. The molecule has 0 aliphatic heterocycles. The van der Waals surface area contributed by atoms with E-state index in [4.69, 9.17) is 5.41 Å². The van der Waals surface area contributed by atoms with E-state index in [1.807, 2.05) is 0 Å². The molecule has 5 N–H and O–H groups in total. The van der Waals surface area contributed by atoms with Gasteiger partial charge in [0.2, 0.25) is 5.82 Å². The van der Waals surface area contributed by atoms with Crippen molar-refractivity contribution in [2.75, 3.05) is 11.9 Å². The minimum absolute atomic E-state index is 0.0312. The maximum atomic E-state index is 13.3. The molecule has 0 aliphatic rings. The number of H-pyrrole nitrogens is 1. The van der Waals surface area contributed by atoms with Crippen molar-refractivity contribution in [1.82, 2.24) is 40.8 Å². The van der Waals surface area contributed by atoms with E-state index in [9.17, 15) is 9.18 Å². The zero-order valence-corrected chi connectivity index (χ0v) is 15.7. The van der Waals surface area contributed by atoms with E-state index in [0.717, 1.165) is 0 Å². The van der Waals surface area contributed by atoms with Gasteiger partial charge in [0, 0.05) is 19.2 Å². The summed E-state index contributed by atoms with van der Waals surface area (Å²) in [6, 6.07) is 5.05. The number of anilines is 1. The number of rotatable bonds is 7. The predicted molar refractivity (Wildman–Crippen MR) is 104 cm³/mol. The highest BCUT2D eigenvalue weighted by atomic mass is 19.1. The largest absolute Gasteiger partial charge is 0.338 e. The number of urea groups is 1. The van der Waals surface area contributed by atoms with Gasteiger partial charge in [-0.05, 0) is 36.4 Å². The highest BCUT2D eigenvalue weighted by molar-refractivity contribution is 6.13. The molecule has 0 saturated carbocycles. The lowest BCUT2D eigenvalue weighted by atomic mass is 10.1. The quantitative estimate of drug-likeness (QED) is 0.379. The Morgan fingerprint density at radius 1 is 1.34 bits per heavy atom. The van der Waals surface area contributed by atoms with E-state index in [-0.39, 0.29) is 23.1 Å². The van der Waals surface area contributed by atoms with Crippen molar-refractivity contribution >= 4 is 17.6 Å². The molecule has 0 saturated heterocycles. The molecular formula is C17H19FN10O. The van der Waals surface area contributed by atoms with Crippen molar-refractivity contribution in [1.29, 1.82) is 5.41 Å². The van der Waals surface area contributed by atoms with Gasteiger partial charge in [-0.25, -0.2) is 14.2 Å². The molecule has 2 heterocycles. The van der Waals surface area contributed by atoms with Crippen LogP contribution in [0.5, 0.6) is 0 Å². The minimum Gasteiger partial charge on any atom is -0.338 e. The van der Waals surface area contributed by atoms with Crippen LogP contribution in [0, 0.1) is 11.2 Å². The summed E-state index contributed by atoms with van der Waals surface area (Å²) in [5, 5.41) is 30.3. The Balaban J connectivity index is 1.98. The van der Waals surface area contributed by atoms with Gasteiger partial charge in [-0.15, -0.1) is 10.2 Å². The summed E-state index contributed by atoms with van der Waals surface area (Å²) in [6.07, 6.45) is 0. The van der Waals surface area contributed by atoms with E-state index in [0.29, 0.717) is 23.8 Å². The van der Waals surface area contributed by atoms with Crippen molar-refractivity contribution < 1.29 is 9.18 Å². The van der Waals surface area contributed by atoms with Crippen LogP contribution in [-0.2, 0) is 7.05 Å². The molecule has 2 amide bonds. The molecule has 12 heteroatoms. The van der Waals surface area contributed by atoms with E-state index in [1.54, 1.807) is 18.5 Å². The number of aromatic amines is 1. The summed E-state index contributed by atoms with van der Waals surface area (Å²) in [5.74, 6) is 0.672. The lowest BCUT2D eigenvalue weighted by Crippen LogP contribution is -2.36. The van der Waals surface area contributed by atoms with Gasteiger partial charge in [-0.3, -0.25) is 10.7 Å². The zero-order chi connectivity index (χ0) is 21.0. The molecule has 2 aromatic heterocycles. The Morgan fingerprint density at radius 2 is 2.07 bits per heavy atom. The van der Waals surface area contributed by atoms with Crippen LogP contribution in [0.1, 0.15) is 18.2 Å². The topological polar surface area (TPSA) is 149 Å². The van der Waals surface area contributed by atoms with Crippen LogP contribution < -0.4 is 16.0 Å². The highest BCUT2D eigenvalue weighted by Crippen LogP contribution is 2.25. The number of carbonyl (C=O) groups excluding carboxylic acids is 1. The molecule has 0 aliphatic carbocycles. The van der Waals surface area contributed by atoms with Gasteiger partial charge in [0.25, 0.3) is 0 Å². The number of hydrogen-bond acceptors (Lipinski definition) is 7. The number of amides is 2. The summed E-state index contributed by atoms with van der Waals surface area (Å²) in [7, 11) is 1.68. The Bertz CT molecular complexity index is 1040. The zero-order valence-electron chi connectivity index (χ0n) is 15.7. The van der Waals surface area contributed by atoms with Gasteiger partial charge in [0.1, 0.15) is 23.1 Å². The average Bonchev–Trinajstić information content (AvgIpc) is 3.31. The monoisotopic (exact) mass is 398 g/mol. The van der Waals surface area contributed by atoms with Crippen LogP contribution in [0.3, 0.4) is 0 Å². The van der Waals surface area contributed by atoms with E-state index in [1.165, 1.54) is 24.3 Å². The van der Waals surface area contributed by atoms with Crippen LogP contribution in [0.4, 0.5) is 15.0 Å². The van der Waals surface area contributed by atoms with Crippen LogP contribution in [0.2, 0.25) is 0 Å². The molecule has 3 aromatic rings. The molecule has 0 fully saturated rings. The lowest BCUT2D eigenvalue weighted by molar-refractivity contribution is 0.244. The molecule has 0 atom stereocenters. The second-order valence-corrected chi connectivity index (χ2v) is 5.90. The third kappa shape index (κ3) is 4.26. The van der Waals surface area contributed by atoms with E-state index in [2.05, 4.69) is 48.1 Å². The summed E-state index contributed by atoms with van der Waals surface area (Å²) in [6.45, 7) is 6.02. The van der Waals surface area contributed by atoms with Crippen molar-refractivity contribution in [3.8, 4) is 11.6 Å².